The SMILES string of the molecule is NCC#Cc1ccc(CNC(=O)Cn2cncn2)s1. The molecule has 98 valence electrons. The fourth-order valence-electron chi connectivity index (χ4n) is 1.38. The van der Waals surface area contributed by atoms with Crippen LogP contribution in [0.1, 0.15) is 9.75 Å². The summed E-state index contributed by atoms with van der Waals surface area (Å²) in [6.07, 6.45) is 2.90. The fraction of sp³-hybridized carbons (Fsp3) is 0.250. The number of hydrogen-bond donors (Lipinski definition) is 2. The fourth-order valence-corrected chi connectivity index (χ4v) is 2.20. The van der Waals surface area contributed by atoms with Crippen molar-refractivity contribution >= 4 is 17.2 Å². The number of carbonyl (C=O) groups excluding carboxylic acids is 1. The number of hydrogen-bond acceptors (Lipinski definition) is 5. The predicted molar refractivity (Wildman–Crippen MR) is 72.1 cm³/mol. The molecule has 0 aliphatic carbocycles. The van der Waals surface area contributed by atoms with Gasteiger partial charge in [0.1, 0.15) is 19.2 Å². The van der Waals surface area contributed by atoms with Gasteiger partial charge >= 0.3 is 0 Å². The smallest absolute Gasteiger partial charge is 0.242 e. The highest BCUT2D eigenvalue weighted by molar-refractivity contribution is 7.12. The molecule has 0 unspecified atom stereocenters. The maximum atomic E-state index is 11.6. The third-order valence-electron chi connectivity index (χ3n) is 2.21. The number of nitrogens with one attached hydrogen (secondary N) is 1. The van der Waals surface area contributed by atoms with E-state index < -0.39 is 0 Å². The lowest BCUT2D eigenvalue weighted by atomic mass is 10.4. The van der Waals surface area contributed by atoms with Crippen LogP contribution in [0.25, 0.3) is 0 Å². The summed E-state index contributed by atoms with van der Waals surface area (Å²) in [5.41, 5.74) is 5.31. The van der Waals surface area contributed by atoms with Crippen LogP contribution < -0.4 is 11.1 Å². The Labute approximate surface area is 114 Å². The molecule has 0 aromatic carbocycles. The lowest BCUT2D eigenvalue weighted by Crippen LogP contribution is -2.26. The van der Waals surface area contributed by atoms with Crippen molar-refractivity contribution < 1.29 is 4.79 Å². The quantitative estimate of drug-likeness (QED) is 0.767. The molecule has 2 rings (SSSR count). The number of aromatic nitrogens is 3. The highest BCUT2D eigenvalue weighted by Crippen LogP contribution is 2.14. The average molecular weight is 275 g/mol. The van der Waals surface area contributed by atoms with E-state index in [1.807, 2.05) is 12.1 Å². The second-order valence-corrected chi connectivity index (χ2v) is 4.81. The zero-order valence-corrected chi connectivity index (χ0v) is 11.0. The average Bonchev–Trinajstić information content (AvgIpc) is 3.05. The van der Waals surface area contributed by atoms with Crippen LogP contribution in [0.5, 0.6) is 0 Å². The third kappa shape index (κ3) is 4.21. The molecule has 2 aromatic heterocycles. The zero-order valence-electron chi connectivity index (χ0n) is 10.2. The van der Waals surface area contributed by atoms with Gasteiger partial charge < -0.3 is 11.1 Å². The third-order valence-corrected chi connectivity index (χ3v) is 3.21. The largest absolute Gasteiger partial charge is 0.350 e. The lowest BCUT2D eigenvalue weighted by molar-refractivity contribution is -0.122. The van der Waals surface area contributed by atoms with Crippen LogP contribution >= 0.6 is 11.3 Å². The molecular formula is C12H13N5OS. The van der Waals surface area contributed by atoms with Crippen molar-refractivity contribution in [3.8, 4) is 11.8 Å². The van der Waals surface area contributed by atoms with Crippen molar-refractivity contribution in [2.75, 3.05) is 6.54 Å². The molecule has 0 atom stereocenters. The lowest BCUT2D eigenvalue weighted by Gasteiger charge is -2.02. The van der Waals surface area contributed by atoms with E-state index >= 15 is 0 Å². The number of amides is 1. The second kappa shape index (κ2) is 6.68. The molecule has 0 saturated heterocycles. The molecule has 0 bridgehead atoms. The van der Waals surface area contributed by atoms with Crippen LogP contribution in [-0.2, 0) is 17.9 Å². The Morgan fingerprint density at radius 3 is 3.16 bits per heavy atom. The molecule has 0 saturated carbocycles. The summed E-state index contributed by atoms with van der Waals surface area (Å²) in [6, 6.07) is 3.87. The van der Waals surface area contributed by atoms with E-state index in [1.165, 1.54) is 17.3 Å². The van der Waals surface area contributed by atoms with Gasteiger partial charge in [-0.25, -0.2) is 9.67 Å². The Balaban J connectivity index is 1.81. The molecule has 2 aromatic rings. The van der Waals surface area contributed by atoms with E-state index in [4.69, 9.17) is 5.73 Å². The van der Waals surface area contributed by atoms with Crippen LogP contribution in [0, 0.1) is 11.8 Å². The van der Waals surface area contributed by atoms with Crippen molar-refractivity contribution in [3.63, 3.8) is 0 Å². The van der Waals surface area contributed by atoms with Crippen LogP contribution in [0.2, 0.25) is 0 Å². The summed E-state index contributed by atoms with van der Waals surface area (Å²) in [5, 5.41) is 6.68. The van der Waals surface area contributed by atoms with Crippen molar-refractivity contribution in [1.29, 1.82) is 0 Å². The monoisotopic (exact) mass is 275 g/mol. The van der Waals surface area contributed by atoms with Crippen LogP contribution in [0.3, 0.4) is 0 Å². The summed E-state index contributed by atoms with van der Waals surface area (Å²) in [4.78, 5) is 17.4. The van der Waals surface area contributed by atoms with Crippen molar-refractivity contribution in [3.05, 3.63) is 34.5 Å². The molecule has 0 aliphatic rings. The molecule has 0 aliphatic heterocycles. The Morgan fingerprint density at radius 2 is 2.42 bits per heavy atom. The van der Waals surface area contributed by atoms with Gasteiger partial charge in [0.05, 0.1) is 18.0 Å². The normalized spacial score (nSPS) is 9.74. The van der Waals surface area contributed by atoms with Gasteiger partial charge in [0.15, 0.2) is 0 Å². The van der Waals surface area contributed by atoms with E-state index in [1.54, 1.807) is 11.3 Å². The minimum absolute atomic E-state index is 0.103. The minimum atomic E-state index is -0.103. The molecule has 1 amide bonds. The first-order valence-corrected chi connectivity index (χ1v) is 6.46. The molecule has 2 heterocycles. The van der Waals surface area contributed by atoms with E-state index in [0.717, 1.165) is 9.75 Å². The highest BCUT2D eigenvalue weighted by atomic mass is 32.1. The van der Waals surface area contributed by atoms with Gasteiger partial charge in [-0.3, -0.25) is 4.79 Å². The Hall–Kier alpha value is -2.17. The molecular weight excluding hydrogens is 262 g/mol. The number of thiophene rings is 1. The standard InChI is InChI=1S/C12H13N5OS/c13-5-1-2-10-3-4-11(19-10)6-15-12(18)7-17-9-14-8-16-17/h3-4,8-9H,5-7,13H2,(H,15,18). The molecule has 0 spiro atoms. The van der Waals surface area contributed by atoms with Gasteiger partial charge in [-0.1, -0.05) is 11.8 Å². The van der Waals surface area contributed by atoms with Gasteiger partial charge in [-0.2, -0.15) is 5.10 Å². The minimum Gasteiger partial charge on any atom is -0.350 e. The Bertz CT molecular complexity index is 593. The van der Waals surface area contributed by atoms with Crippen LogP contribution in [0.15, 0.2) is 24.8 Å². The maximum Gasteiger partial charge on any atom is 0.242 e. The van der Waals surface area contributed by atoms with Gasteiger partial charge in [-0.15, -0.1) is 11.3 Å². The molecule has 0 fully saturated rings. The van der Waals surface area contributed by atoms with Crippen LogP contribution in [0.4, 0.5) is 0 Å². The van der Waals surface area contributed by atoms with E-state index in [-0.39, 0.29) is 12.5 Å². The maximum absolute atomic E-state index is 11.6. The van der Waals surface area contributed by atoms with Crippen LogP contribution in [-0.4, -0.2) is 27.2 Å². The highest BCUT2D eigenvalue weighted by Gasteiger charge is 2.04. The first-order valence-electron chi connectivity index (χ1n) is 5.64. The summed E-state index contributed by atoms with van der Waals surface area (Å²) in [6.45, 7) is 1.01. The van der Waals surface area contributed by atoms with Gasteiger partial charge in [0, 0.05) is 4.88 Å². The number of nitrogens with zero attached hydrogens (tertiary/aromatic N) is 3. The predicted octanol–water partition coefficient (Wildman–Crippen LogP) is -0.0338. The molecule has 0 radical (unpaired) electrons. The van der Waals surface area contributed by atoms with Gasteiger partial charge in [0.25, 0.3) is 0 Å². The number of nitrogens with two attached hydrogens (primary N) is 1. The van der Waals surface area contributed by atoms with Crippen molar-refractivity contribution in [1.82, 2.24) is 20.1 Å². The molecule has 19 heavy (non-hydrogen) atoms. The van der Waals surface area contributed by atoms with Crippen molar-refractivity contribution in [2.45, 2.75) is 13.1 Å². The summed E-state index contributed by atoms with van der Waals surface area (Å²) < 4.78 is 1.47. The zero-order chi connectivity index (χ0) is 13.5. The second-order valence-electron chi connectivity index (χ2n) is 3.64. The summed E-state index contributed by atoms with van der Waals surface area (Å²) in [7, 11) is 0. The van der Waals surface area contributed by atoms with E-state index in [9.17, 15) is 4.79 Å². The number of rotatable bonds is 4. The van der Waals surface area contributed by atoms with E-state index in [2.05, 4.69) is 27.2 Å². The molecule has 7 heteroatoms. The Kier molecular flexibility index (Phi) is 4.66. The van der Waals surface area contributed by atoms with Gasteiger partial charge in [-0.05, 0) is 12.1 Å². The first kappa shape index (κ1) is 13.3. The van der Waals surface area contributed by atoms with Crippen molar-refractivity contribution in [2.24, 2.45) is 5.73 Å². The number of carbonyl (C=O) groups is 1. The molecule has 3 N–H and O–H groups in total. The molecule has 6 nitrogen and oxygen atoms in total. The Morgan fingerprint density at radius 1 is 1.53 bits per heavy atom. The topological polar surface area (TPSA) is 85.8 Å². The summed E-state index contributed by atoms with van der Waals surface area (Å²) in [5.74, 6) is 5.65. The van der Waals surface area contributed by atoms with Gasteiger partial charge in [0.2, 0.25) is 5.91 Å². The first-order chi connectivity index (χ1) is 9.28. The summed E-state index contributed by atoms with van der Waals surface area (Å²) >= 11 is 1.54. The van der Waals surface area contributed by atoms with E-state index in [0.29, 0.717) is 13.1 Å².